The van der Waals surface area contributed by atoms with Gasteiger partial charge in [0.15, 0.2) is 11.5 Å². The molecule has 2 aromatic carbocycles. The van der Waals surface area contributed by atoms with E-state index in [4.69, 9.17) is 38.3 Å². The Hall–Kier alpha value is -3.78. The summed E-state index contributed by atoms with van der Waals surface area (Å²) in [7, 11) is 0. The van der Waals surface area contributed by atoms with Crippen molar-refractivity contribution in [3.8, 4) is 28.7 Å². The van der Waals surface area contributed by atoms with Crippen molar-refractivity contribution in [2.75, 3.05) is 20.0 Å². The van der Waals surface area contributed by atoms with Crippen LogP contribution in [0.1, 0.15) is 29.6 Å². The molecule has 13 nitrogen and oxygen atoms in total. The van der Waals surface area contributed by atoms with Gasteiger partial charge >= 0.3 is 11.9 Å². The number of ether oxygens (including phenoxy) is 7. The first-order chi connectivity index (χ1) is 18.3. The normalized spacial score (nSPS) is 30.2. The van der Waals surface area contributed by atoms with Crippen LogP contribution < -0.4 is 23.7 Å². The summed E-state index contributed by atoms with van der Waals surface area (Å²) >= 11 is 0. The number of aliphatic hydroxyl groups is 3. The molecule has 0 amide bonds. The number of carbonyl (C=O) groups excluding carboxylic acids is 1. The Bertz CT molecular complexity index is 1260. The van der Waals surface area contributed by atoms with Crippen molar-refractivity contribution in [2.45, 2.75) is 49.1 Å². The molecule has 4 aliphatic rings. The molecule has 6 rings (SSSR count). The van der Waals surface area contributed by atoms with E-state index in [9.17, 15) is 24.9 Å². The molecule has 2 aromatic rings. The second-order valence-electron chi connectivity index (χ2n) is 9.28. The van der Waals surface area contributed by atoms with Gasteiger partial charge in [-0.3, -0.25) is 9.59 Å². The maximum Gasteiger partial charge on any atom is 0.317 e. The van der Waals surface area contributed by atoms with E-state index in [0.717, 1.165) is 11.1 Å². The number of fused-ring (bicyclic) bond motifs is 6. The molecule has 3 unspecified atom stereocenters. The second kappa shape index (κ2) is 9.51. The van der Waals surface area contributed by atoms with Crippen LogP contribution in [-0.2, 0) is 19.1 Å². The van der Waals surface area contributed by atoms with Gasteiger partial charge in [0.05, 0.1) is 12.5 Å². The highest BCUT2D eigenvalue weighted by Gasteiger charge is 2.46. The van der Waals surface area contributed by atoms with Crippen LogP contribution in [0.15, 0.2) is 30.3 Å². The molecule has 13 heteroatoms. The van der Waals surface area contributed by atoms with Crippen LogP contribution >= 0.6 is 0 Å². The third-order valence-electron chi connectivity index (χ3n) is 6.86. The van der Waals surface area contributed by atoms with E-state index in [-0.39, 0.29) is 24.6 Å². The summed E-state index contributed by atoms with van der Waals surface area (Å²) in [5.74, 6) is 0.255. The molecule has 0 bridgehead atoms. The van der Waals surface area contributed by atoms with Gasteiger partial charge in [-0.25, -0.2) is 0 Å². The Balaban J connectivity index is 1.15. The van der Waals surface area contributed by atoms with Crippen LogP contribution in [0.25, 0.3) is 0 Å². The minimum absolute atomic E-state index is 0.0523. The molecule has 0 aliphatic carbocycles. The molecule has 7 atom stereocenters. The molecule has 0 spiro atoms. The van der Waals surface area contributed by atoms with Gasteiger partial charge in [0.2, 0.25) is 13.1 Å². The number of aliphatic hydroxyl groups excluding tert-OH is 3. The Labute approximate surface area is 215 Å². The molecule has 0 radical (unpaired) electrons. The molecule has 1 fully saturated rings. The lowest BCUT2D eigenvalue weighted by Crippen LogP contribution is -2.60. The summed E-state index contributed by atoms with van der Waals surface area (Å²) in [5, 5.41) is 39.5. The van der Waals surface area contributed by atoms with E-state index in [0.29, 0.717) is 29.6 Å². The predicted octanol–water partition coefficient (Wildman–Crippen LogP) is 0.229. The minimum Gasteiger partial charge on any atom is -0.492 e. The van der Waals surface area contributed by atoms with Crippen LogP contribution in [0.2, 0.25) is 0 Å². The van der Waals surface area contributed by atoms with Gasteiger partial charge in [-0.1, -0.05) is 0 Å². The molecular formula is C25H24O13. The fraction of sp³-hybridized carbons (Fsp3) is 0.440. The lowest BCUT2D eigenvalue weighted by Gasteiger charge is -2.40. The van der Waals surface area contributed by atoms with Gasteiger partial charge in [-0.15, -0.1) is 0 Å². The van der Waals surface area contributed by atoms with Gasteiger partial charge < -0.3 is 53.6 Å². The Kier molecular flexibility index (Phi) is 6.14. The van der Waals surface area contributed by atoms with Crippen LogP contribution in [0, 0.1) is 0 Å². The lowest BCUT2D eigenvalue weighted by molar-refractivity contribution is -0.278. The monoisotopic (exact) mass is 532 g/mol. The Morgan fingerprint density at radius 2 is 1.68 bits per heavy atom. The van der Waals surface area contributed by atoms with Gasteiger partial charge in [-0.05, 0) is 18.2 Å². The zero-order valence-corrected chi connectivity index (χ0v) is 19.7. The number of benzene rings is 2. The maximum atomic E-state index is 11.5. The predicted molar refractivity (Wildman–Crippen MR) is 121 cm³/mol. The second-order valence-corrected chi connectivity index (χ2v) is 9.28. The molecular weight excluding hydrogens is 508 g/mol. The van der Waals surface area contributed by atoms with Gasteiger partial charge in [0.1, 0.15) is 60.8 Å². The van der Waals surface area contributed by atoms with E-state index >= 15 is 0 Å². The van der Waals surface area contributed by atoms with Gasteiger partial charge in [0, 0.05) is 23.3 Å². The third-order valence-corrected chi connectivity index (χ3v) is 6.86. The lowest BCUT2D eigenvalue weighted by atomic mass is 9.89. The highest BCUT2D eigenvalue weighted by Crippen LogP contribution is 2.54. The number of esters is 1. The molecule has 4 heterocycles. The van der Waals surface area contributed by atoms with Crippen molar-refractivity contribution in [3.63, 3.8) is 0 Å². The van der Waals surface area contributed by atoms with Crippen molar-refractivity contribution in [3.05, 3.63) is 41.5 Å². The first kappa shape index (κ1) is 24.6. The molecule has 38 heavy (non-hydrogen) atoms. The minimum atomic E-state index is -1.67. The molecule has 0 saturated carbocycles. The van der Waals surface area contributed by atoms with Crippen molar-refractivity contribution < 1.29 is 63.2 Å². The summed E-state index contributed by atoms with van der Waals surface area (Å²) < 4.78 is 39.2. The van der Waals surface area contributed by atoms with Crippen molar-refractivity contribution in [2.24, 2.45) is 0 Å². The topological polar surface area (TPSA) is 180 Å². The molecule has 202 valence electrons. The van der Waals surface area contributed by atoms with Crippen LogP contribution in [0.3, 0.4) is 0 Å². The van der Waals surface area contributed by atoms with E-state index in [1.165, 1.54) is 0 Å². The van der Waals surface area contributed by atoms with Crippen LogP contribution in [0.4, 0.5) is 0 Å². The largest absolute Gasteiger partial charge is 0.492 e. The van der Waals surface area contributed by atoms with Crippen LogP contribution in [-0.4, -0.2) is 83.1 Å². The number of carboxylic acids is 1. The Morgan fingerprint density at radius 3 is 2.47 bits per heavy atom. The van der Waals surface area contributed by atoms with Gasteiger partial charge in [0.25, 0.3) is 0 Å². The summed E-state index contributed by atoms with van der Waals surface area (Å²) in [6, 6.07) is 8.70. The zero-order chi connectivity index (χ0) is 26.6. The molecule has 1 saturated heterocycles. The summed E-state index contributed by atoms with van der Waals surface area (Å²) in [6.45, 7) is -0.0455. The van der Waals surface area contributed by atoms with E-state index < -0.39 is 55.7 Å². The smallest absolute Gasteiger partial charge is 0.317 e. The van der Waals surface area contributed by atoms with Crippen molar-refractivity contribution in [1.82, 2.24) is 0 Å². The number of rotatable bonds is 6. The number of carboxylic acid groups (broad SMARTS) is 1. The fourth-order valence-electron chi connectivity index (χ4n) is 4.93. The van der Waals surface area contributed by atoms with Crippen molar-refractivity contribution >= 4 is 11.9 Å². The maximum absolute atomic E-state index is 11.5. The SMILES string of the molecule is O=C(O)CC(=O)OCC1O[C@@H](Oc2ccc3c(c2)OC[C@@H]2c4cc5c(cc4O[C@H]32)OCO5)C(O)C(O)[C@@H]1O. The highest BCUT2D eigenvalue weighted by atomic mass is 16.7. The highest BCUT2D eigenvalue weighted by molar-refractivity contribution is 5.90. The summed E-state index contributed by atoms with van der Waals surface area (Å²) in [5.41, 5.74) is 1.75. The third kappa shape index (κ3) is 4.32. The standard InChI is InChI=1S/C25H24O13/c26-19(27)6-20(28)33-8-18-21(29)22(30)23(31)25(38-18)36-10-1-2-11-14(3-10)32-7-13-12-4-16-17(35-9-34-16)5-15(12)37-24(11)13/h1-5,13,18,21-25,29-31H,6-9H2,(H,26,27)/t13-,18?,21-,22?,23?,24-,25-/m1/s1. The number of carbonyl (C=O) groups is 2. The van der Waals surface area contributed by atoms with E-state index in [1.807, 2.05) is 12.1 Å². The zero-order valence-electron chi connectivity index (χ0n) is 19.7. The van der Waals surface area contributed by atoms with Crippen LogP contribution in [0.5, 0.6) is 28.7 Å². The molecule has 4 aliphatic heterocycles. The number of hydrogen-bond acceptors (Lipinski definition) is 12. The molecule has 0 aromatic heterocycles. The quantitative estimate of drug-likeness (QED) is 0.294. The average Bonchev–Trinajstić information content (AvgIpc) is 3.50. The molecule has 4 N–H and O–H groups in total. The fourth-order valence-corrected chi connectivity index (χ4v) is 4.93. The first-order valence-electron chi connectivity index (χ1n) is 11.9. The van der Waals surface area contributed by atoms with E-state index in [1.54, 1.807) is 18.2 Å². The number of hydrogen-bond donors (Lipinski definition) is 4. The number of aliphatic carboxylic acids is 1. The average molecular weight is 532 g/mol. The Morgan fingerprint density at radius 1 is 0.895 bits per heavy atom. The van der Waals surface area contributed by atoms with Crippen molar-refractivity contribution in [1.29, 1.82) is 0 Å². The summed E-state index contributed by atoms with van der Waals surface area (Å²) in [6.07, 6.45) is -8.79. The first-order valence-corrected chi connectivity index (χ1v) is 11.9. The van der Waals surface area contributed by atoms with Gasteiger partial charge in [-0.2, -0.15) is 0 Å². The summed E-state index contributed by atoms with van der Waals surface area (Å²) in [4.78, 5) is 22.2. The van der Waals surface area contributed by atoms with E-state index in [2.05, 4.69) is 0 Å².